The summed E-state index contributed by atoms with van der Waals surface area (Å²) < 4.78 is 11.7. The van der Waals surface area contributed by atoms with Gasteiger partial charge in [-0.25, -0.2) is 0 Å². The van der Waals surface area contributed by atoms with Crippen LogP contribution in [0.25, 0.3) is 0 Å². The summed E-state index contributed by atoms with van der Waals surface area (Å²) >= 11 is 0. The molecule has 0 aromatic carbocycles. The van der Waals surface area contributed by atoms with E-state index in [-0.39, 0.29) is 6.58 Å². The highest BCUT2D eigenvalue weighted by molar-refractivity contribution is 4.43. The van der Waals surface area contributed by atoms with Crippen LogP contribution in [0.1, 0.15) is 14.2 Å². The average Bonchev–Trinajstić information content (AvgIpc) is 1.86. The van der Waals surface area contributed by atoms with Crippen molar-refractivity contribution in [1.29, 1.82) is 0 Å². The molecule has 0 bridgehead atoms. The minimum absolute atomic E-state index is 0.204. The predicted molar refractivity (Wildman–Crippen MR) is 20.1 cm³/mol. The molecule has 1 unspecified atom stereocenters. The first-order valence-electron chi connectivity index (χ1n) is 2.51. The minimum Gasteiger partial charge on any atom is -0.381 e. The van der Waals surface area contributed by atoms with E-state index in [1.807, 2.05) is 0 Å². The van der Waals surface area contributed by atoms with Gasteiger partial charge in [-0.05, 0) is 12.8 Å². The van der Waals surface area contributed by atoms with Crippen molar-refractivity contribution < 1.29 is 6.11 Å². The molecule has 1 fully saturated rings. The molecular weight excluding hydrogens is 64.0 g/mol. The summed E-state index contributed by atoms with van der Waals surface area (Å²) in [5.74, 6) is 0. The number of hydrogen-bond donors (Lipinski definition) is 0. The molecule has 0 N–H and O–H groups in total. The van der Waals surface area contributed by atoms with Crippen molar-refractivity contribution in [1.82, 2.24) is 0 Å². The Bertz CT molecular complexity index is 40.8. The summed E-state index contributed by atoms with van der Waals surface area (Å²) in [6, 6.07) is 0. The lowest BCUT2D eigenvalue weighted by Crippen LogP contribution is -1.74. The standard InChI is InChI=1S/C4H8O/c1-2-4-5-3-1/h1-4H2/i3H. The van der Waals surface area contributed by atoms with Crippen LogP contribution >= 0.6 is 0 Å². The van der Waals surface area contributed by atoms with Crippen molar-refractivity contribution in [3.05, 3.63) is 0 Å². The lowest BCUT2D eigenvalue weighted by Gasteiger charge is -1.76. The van der Waals surface area contributed by atoms with E-state index >= 15 is 0 Å². The van der Waals surface area contributed by atoms with Gasteiger partial charge in [-0.15, -0.1) is 0 Å². The maximum atomic E-state index is 6.91. The summed E-state index contributed by atoms with van der Waals surface area (Å²) in [7, 11) is 0. The molecule has 0 amide bonds. The van der Waals surface area contributed by atoms with Crippen LogP contribution in [0.15, 0.2) is 0 Å². The first-order valence-corrected chi connectivity index (χ1v) is 1.93. The van der Waals surface area contributed by atoms with Crippen LogP contribution in [0.4, 0.5) is 0 Å². The molecule has 1 rings (SSSR count). The normalized spacial score (nSPS) is 41.6. The third-order valence-corrected chi connectivity index (χ3v) is 0.702. The molecule has 30 valence electrons. The SMILES string of the molecule is [1H]C1CCCO1. The van der Waals surface area contributed by atoms with Gasteiger partial charge in [0.05, 0.1) is 1.37 Å². The highest BCUT2D eigenvalue weighted by atomic mass is 16.5. The smallest absolute Gasteiger partial charge is 0.0567 e. The molecule has 1 aliphatic rings. The third-order valence-electron chi connectivity index (χ3n) is 0.702. The molecule has 1 nitrogen and oxygen atoms in total. The topological polar surface area (TPSA) is 9.23 Å². The fraction of sp³-hybridized carbons (Fsp3) is 1.00. The van der Waals surface area contributed by atoms with Gasteiger partial charge in [0, 0.05) is 13.2 Å². The summed E-state index contributed by atoms with van der Waals surface area (Å²) in [6.07, 6.45) is 2.01. The minimum atomic E-state index is -0.204. The van der Waals surface area contributed by atoms with E-state index in [4.69, 9.17) is 6.11 Å². The van der Waals surface area contributed by atoms with Gasteiger partial charge in [-0.1, -0.05) is 0 Å². The molecule has 5 heavy (non-hydrogen) atoms. The van der Waals surface area contributed by atoms with E-state index in [0.717, 1.165) is 19.4 Å². The van der Waals surface area contributed by atoms with Crippen molar-refractivity contribution in [2.45, 2.75) is 12.8 Å². The average molecular weight is 72.1 g/mol. The lowest BCUT2D eigenvalue weighted by atomic mass is 10.4. The number of rotatable bonds is 0. The lowest BCUT2D eigenvalue weighted by molar-refractivity contribution is 0.198. The summed E-state index contributed by atoms with van der Waals surface area (Å²) in [5.41, 5.74) is 0. The molecule has 0 spiro atoms. The fourth-order valence-corrected chi connectivity index (χ4v) is 0.417. The highest BCUT2D eigenvalue weighted by Gasteiger charge is 1.94. The molecule has 1 heterocycles. The molecule has 0 aromatic heterocycles. The van der Waals surface area contributed by atoms with Gasteiger partial charge in [0.25, 0.3) is 0 Å². The Labute approximate surface area is 33.3 Å². The predicted octanol–water partition coefficient (Wildman–Crippen LogP) is 0.797. The van der Waals surface area contributed by atoms with E-state index in [9.17, 15) is 0 Å². The summed E-state index contributed by atoms with van der Waals surface area (Å²) in [4.78, 5) is 0. The zero-order chi connectivity index (χ0) is 4.41. The van der Waals surface area contributed by atoms with Crippen molar-refractivity contribution in [2.24, 2.45) is 0 Å². The summed E-state index contributed by atoms with van der Waals surface area (Å²) in [6.45, 7) is 0.596. The molecule has 0 aromatic rings. The Morgan fingerprint density at radius 1 is 1.60 bits per heavy atom. The van der Waals surface area contributed by atoms with Crippen molar-refractivity contribution in [2.75, 3.05) is 13.2 Å². The molecule has 1 aliphatic heterocycles. The van der Waals surface area contributed by atoms with Gasteiger partial charge in [-0.2, -0.15) is 0 Å². The van der Waals surface area contributed by atoms with E-state index in [1.54, 1.807) is 0 Å². The van der Waals surface area contributed by atoms with Crippen LogP contribution in [0.3, 0.4) is 0 Å². The van der Waals surface area contributed by atoms with Gasteiger partial charge in [0.2, 0.25) is 0 Å². The second-order valence-corrected chi connectivity index (χ2v) is 1.18. The van der Waals surface area contributed by atoms with Crippen LogP contribution in [-0.2, 0) is 4.74 Å². The van der Waals surface area contributed by atoms with Crippen LogP contribution in [-0.4, -0.2) is 13.2 Å². The van der Waals surface area contributed by atoms with Crippen molar-refractivity contribution in [3.8, 4) is 0 Å². The largest absolute Gasteiger partial charge is 0.381 e. The quantitative estimate of drug-likeness (QED) is 0.411. The molecule has 0 radical (unpaired) electrons. The molecular formula is C4H8O. The number of hydrogen-bond acceptors (Lipinski definition) is 1. The first kappa shape index (κ1) is 2.19. The maximum absolute atomic E-state index is 6.91. The monoisotopic (exact) mass is 72.1 g/mol. The second-order valence-electron chi connectivity index (χ2n) is 1.18. The van der Waals surface area contributed by atoms with E-state index in [1.165, 1.54) is 0 Å². The second kappa shape index (κ2) is 1.41. The number of ether oxygens (including phenoxy) is 1. The molecule has 0 aliphatic carbocycles. The van der Waals surface area contributed by atoms with E-state index in [2.05, 4.69) is 0 Å². The van der Waals surface area contributed by atoms with Crippen LogP contribution in [0.5, 0.6) is 0 Å². The van der Waals surface area contributed by atoms with Crippen LogP contribution in [0, 0.1) is 0 Å². The molecule has 1 atom stereocenters. The van der Waals surface area contributed by atoms with Crippen molar-refractivity contribution >= 4 is 0 Å². The highest BCUT2D eigenvalue weighted by Crippen LogP contribution is 1.98. The van der Waals surface area contributed by atoms with Gasteiger partial charge in [0.1, 0.15) is 0 Å². The fourth-order valence-electron chi connectivity index (χ4n) is 0.417. The molecule has 1 saturated heterocycles. The van der Waals surface area contributed by atoms with E-state index in [0.29, 0.717) is 0 Å². The van der Waals surface area contributed by atoms with Crippen LogP contribution in [0.2, 0.25) is 0 Å². The Morgan fingerprint density at radius 3 is 2.80 bits per heavy atom. The van der Waals surface area contributed by atoms with Gasteiger partial charge in [-0.3, -0.25) is 0 Å². The molecule has 1 heteroatoms. The maximum Gasteiger partial charge on any atom is 0.0567 e. The van der Waals surface area contributed by atoms with E-state index < -0.39 is 0 Å². The third kappa shape index (κ3) is 0.618. The Hall–Kier alpha value is -0.0400. The summed E-state index contributed by atoms with van der Waals surface area (Å²) in [5, 5.41) is 0. The Morgan fingerprint density at radius 2 is 2.60 bits per heavy atom. The zero-order valence-electron chi connectivity index (χ0n) is 4.11. The Balaban J connectivity index is 2.18. The van der Waals surface area contributed by atoms with Crippen LogP contribution < -0.4 is 0 Å². The Kier molecular flexibility index (Phi) is 0.618. The first-order chi connectivity index (χ1) is 2.89. The van der Waals surface area contributed by atoms with Crippen molar-refractivity contribution in [3.63, 3.8) is 0 Å². The van der Waals surface area contributed by atoms with Gasteiger partial charge in [0.15, 0.2) is 0 Å². The zero-order valence-corrected chi connectivity index (χ0v) is 3.11. The van der Waals surface area contributed by atoms with Gasteiger partial charge >= 0.3 is 0 Å². The van der Waals surface area contributed by atoms with Gasteiger partial charge < -0.3 is 4.74 Å². The molecule has 0 saturated carbocycles.